The number of hydrogen-bond acceptors (Lipinski definition) is 3. The standard InChI is InChI=1S/C51H33N5/c1-4-15-35(16-5-1)49-52-50(36-17-6-2-7-18-36)54-51(53-49)37-29-27-34(28-30-37)38-19-14-22-40(33-38)56-44-26-13-11-24-42(44)48-46(56)32-31-45-47(48)41-23-10-12-25-43(41)55(45)39-20-8-3-9-21-39/h1-33H. The molecule has 0 aliphatic rings. The summed E-state index contributed by atoms with van der Waals surface area (Å²) in [6.45, 7) is 0. The highest BCUT2D eigenvalue weighted by Gasteiger charge is 2.20. The number of hydrogen-bond donors (Lipinski definition) is 0. The van der Waals surface area contributed by atoms with Crippen LogP contribution in [0.15, 0.2) is 200 Å². The molecule has 11 aromatic rings. The van der Waals surface area contributed by atoms with Crippen LogP contribution in [0.5, 0.6) is 0 Å². The van der Waals surface area contributed by atoms with E-state index >= 15 is 0 Å². The lowest BCUT2D eigenvalue weighted by Crippen LogP contribution is -2.00. The Hall–Kier alpha value is -7.63. The van der Waals surface area contributed by atoms with E-state index in [9.17, 15) is 0 Å². The highest BCUT2D eigenvalue weighted by atomic mass is 15.0. The molecule has 56 heavy (non-hydrogen) atoms. The molecule has 0 amide bonds. The van der Waals surface area contributed by atoms with E-state index in [4.69, 9.17) is 15.0 Å². The fraction of sp³-hybridized carbons (Fsp3) is 0. The monoisotopic (exact) mass is 715 g/mol. The first-order chi connectivity index (χ1) is 27.8. The summed E-state index contributed by atoms with van der Waals surface area (Å²) in [6.07, 6.45) is 0. The zero-order chi connectivity index (χ0) is 37.0. The van der Waals surface area contributed by atoms with Crippen molar-refractivity contribution in [2.24, 2.45) is 0 Å². The summed E-state index contributed by atoms with van der Waals surface area (Å²) >= 11 is 0. The molecule has 11 rings (SSSR count). The third kappa shape index (κ3) is 5.21. The first-order valence-electron chi connectivity index (χ1n) is 18.9. The van der Waals surface area contributed by atoms with Crippen molar-refractivity contribution in [3.05, 3.63) is 200 Å². The second kappa shape index (κ2) is 13.0. The number of nitrogens with zero attached hydrogens (tertiary/aromatic N) is 5. The van der Waals surface area contributed by atoms with Crippen LogP contribution in [0.3, 0.4) is 0 Å². The molecule has 0 saturated heterocycles. The van der Waals surface area contributed by atoms with Crippen molar-refractivity contribution >= 4 is 43.6 Å². The maximum Gasteiger partial charge on any atom is 0.164 e. The minimum Gasteiger partial charge on any atom is -0.309 e. The molecule has 8 aromatic carbocycles. The average molecular weight is 716 g/mol. The summed E-state index contributed by atoms with van der Waals surface area (Å²) in [6, 6.07) is 70.4. The predicted octanol–water partition coefficient (Wildman–Crippen LogP) is 12.7. The molecule has 0 N–H and O–H groups in total. The Morgan fingerprint density at radius 2 is 0.661 bits per heavy atom. The topological polar surface area (TPSA) is 48.5 Å². The fourth-order valence-electron chi connectivity index (χ4n) is 8.23. The number of aromatic nitrogens is 5. The summed E-state index contributed by atoms with van der Waals surface area (Å²) in [5.41, 5.74) is 12.1. The van der Waals surface area contributed by atoms with Crippen LogP contribution >= 0.6 is 0 Å². The highest BCUT2D eigenvalue weighted by molar-refractivity contribution is 6.28. The molecule has 0 spiro atoms. The summed E-state index contributed by atoms with van der Waals surface area (Å²) in [4.78, 5) is 14.7. The van der Waals surface area contributed by atoms with Crippen LogP contribution in [0, 0.1) is 0 Å². The molecule has 0 atom stereocenters. The number of para-hydroxylation sites is 3. The van der Waals surface area contributed by atoms with Crippen LogP contribution < -0.4 is 0 Å². The average Bonchev–Trinajstić information content (AvgIpc) is 3.80. The molecule has 5 heteroatoms. The maximum atomic E-state index is 4.94. The van der Waals surface area contributed by atoms with E-state index in [0.717, 1.165) is 39.2 Å². The van der Waals surface area contributed by atoms with Gasteiger partial charge in [-0.05, 0) is 59.7 Å². The van der Waals surface area contributed by atoms with Gasteiger partial charge in [-0.15, -0.1) is 0 Å². The number of rotatable bonds is 6. The Morgan fingerprint density at radius 1 is 0.268 bits per heavy atom. The quantitative estimate of drug-likeness (QED) is 0.172. The van der Waals surface area contributed by atoms with E-state index in [1.807, 2.05) is 60.7 Å². The van der Waals surface area contributed by atoms with Gasteiger partial charge in [0.05, 0.1) is 22.1 Å². The van der Waals surface area contributed by atoms with Crippen molar-refractivity contribution in [2.45, 2.75) is 0 Å². The van der Waals surface area contributed by atoms with E-state index in [-0.39, 0.29) is 0 Å². The van der Waals surface area contributed by atoms with Crippen molar-refractivity contribution in [3.63, 3.8) is 0 Å². The van der Waals surface area contributed by atoms with Crippen molar-refractivity contribution in [1.82, 2.24) is 24.1 Å². The summed E-state index contributed by atoms with van der Waals surface area (Å²) < 4.78 is 4.81. The fourth-order valence-corrected chi connectivity index (χ4v) is 8.23. The molecular formula is C51H33N5. The van der Waals surface area contributed by atoms with Crippen LogP contribution in [0.2, 0.25) is 0 Å². The third-order valence-corrected chi connectivity index (χ3v) is 10.8. The molecule has 0 aliphatic carbocycles. The van der Waals surface area contributed by atoms with Crippen LogP contribution in [-0.4, -0.2) is 24.1 Å². The predicted molar refractivity (Wildman–Crippen MR) is 230 cm³/mol. The van der Waals surface area contributed by atoms with Gasteiger partial charge in [-0.2, -0.15) is 0 Å². The number of fused-ring (bicyclic) bond motifs is 7. The van der Waals surface area contributed by atoms with E-state index in [2.05, 4.69) is 149 Å². The van der Waals surface area contributed by atoms with Crippen molar-refractivity contribution in [1.29, 1.82) is 0 Å². The Morgan fingerprint density at radius 3 is 1.20 bits per heavy atom. The Bertz CT molecular complexity index is 3160. The molecule has 0 fully saturated rings. The zero-order valence-corrected chi connectivity index (χ0v) is 30.3. The van der Waals surface area contributed by atoms with Gasteiger partial charge < -0.3 is 9.13 Å². The molecule has 0 aliphatic heterocycles. The molecular weight excluding hydrogens is 683 g/mol. The molecule has 0 unspecified atom stereocenters. The zero-order valence-electron chi connectivity index (χ0n) is 30.3. The largest absolute Gasteiger partial charge is 0.309 e. The maximum absolute atomic E-state index is 4.94. The summed E-state index contributed by atoms with van der Waals surface area (Å²) in [7, 11) is 0. The molecule has 0 radical (unpaired) electrons. The van der Waals surface area contributed by atoms with Gasteiger partial charge in [0.1, 0.15) is 0 Å². The third-order valence-electron chi connectivity index (χ3n) is 10.8. The minimum atomic E-state index is 0.642. The smallest absolute Gasteiger partial charge is 0.164 e. The van der Waals surface area contributed by atoms with Crippen molar-refractivity contribution in [3.8, 4) is 56.7 Å². The van der Waals surface area contributed by atoms with Gasteiger partial charge in [0.2, 0.25) is 0 Å². The second-order valence-corrected chi connectivity index (χ2v) is 14.1. The van der Waals surface area contributed by atoms with E-state index in [0.29, 0.717) is 17.5 Å². The van der Waals surface area contributed by atoms with Crippen LogP contribution in [-0.2, 0) is 0 Å². The molecule has 0 bridgehead atoms. The lowest BCUT2D eigenvalue weighted by atomic mass is 10.0. The Labute approximate surface area is 323 Å². The normalized spacial score (nSPS) is 11.6. The molecule has 262 valence electrons. The molecule has 3 heterocycles. The minimum absolute atomic E-state index is 0.642. The Balaban J connectivity index is 1.03. The van der Waals surface area contributed by atoms with Gasteiger partial charge in [0.15, 0.2) is 17.5 Å². The lowest BCUT2D eigenvalue weighted by molar-refractivity contribution is 1.07. The molecule has 0 saturated carbocycles. The summed E-state index contributed by atoms with van der Waals surface area (Å²) in [5.74, 6) is 1.95. The van der Waals surface area contributed by atoms with Gasteiger partial charge in [-0.25, -0.2) is 15.0 Å². The van der Waals surface area contributed by atoms with Crippen LogP contribution in [0.1, 0.15) is 0 Å². The van der Waals surface area contributed by atoms with Gasteiger partial charge in [0, 0.05) is 49.6 Å². The Kier molecular flexibility index (Phi) is 7.42. The van der Waals surface area contributed by atoms with E-state index in [1.165, 1.54) is 43.6 Å². The summed E-state index contributed by atoms with van der Waals surface area (Å²) in [5, 5.41) is 5.02. The SMILES string of the molecule is c1ccc(-c2nc(-c3ccccc3)nc(-c3ccc(-c4cccc(-n5c6ccccc6c6c7c8ccccc8n(-c8ccccc8)c7ccc65)c4)cc3)n2)cc1. The van der Waals surface area contributed by atoms with Crippen molar-refractivity contribution < 1.29 is 0 Å². The molecule has 5 nitrogen and oxygen atoms in total. The van der Waals surface area contributed by atoms with Gasteiger partial charge in [0.25, 0.3) is 0 Å². The first kappa shape index (κ1) is 31.9. The highest BCUT2D eigenvalue weighted by Crippen LogP contribution is 2.42. The van der Waals surface area contributed by atoms with Crippen molar-refractivity contribution in [2.75, 3.05) is 0 Å². The second-order valence-electron chi connectivity index (χ2n) is 14.1. The molecule has 3 aromatic heterocycles. The number of benzene rings is 8. The van der Waals surface area contributed by atoms with E-state index < -0.39 is 0 Å². The van der Waals surface area contributed by atoms with Gasteiger partial charge >= 0.3 is 0 Å². The van der Waals surface area contributed by atoms with E-state index in [1.54, 1.807) is 0 Å². The lowest BCUT2D eigenvalue weighted by Gasteiger charge is -2.12. The van der Waals surface area contributed by atoms with Gasteiger partial charge in [-0.1, -0.05) is 152 Å². The van der Waals surface area contributed by atoms with Crippen LogP contribution in [0.4, 0.5) is 0 Å². The van der Waals surface area contributed by atoms with Gasteiger partial charge in [-0.3, -0.25) is 0 Å². The first-order valence-corrected chi connectivity index (χ1v) is 18.9. The van der Waals surface area contributed by atoms with Crippen LogP contribution in [0.25, 0.3) is 100 Å².